The lowest BCUT2D eigenvalue weighted by Gasteiger charge is -2.39. The molecule has 0 radical (unpaired) electrons. The second-order valence-electron chi connectivity index (χ2n) is 19.7. The predicted octanol–water partition coefficient (Wildman–Crippen LogP) is 6.09. The molecular formula is C54H71N7O11. The van der Waals surface area contributed by atoms with Crippen molar-refractivity contribution < 1.29 is 52.5 Å². The number of nitrogens with one attached hydrogen (secondary N) is 3. The van der Waals surface area contributed by atoms with Crippen molar-refractivity contribution in [1.29, 1.82) is 0 Å². The summed E-state index contributed by atoms with van der Waals surface area (Å²) in [6, 6.07) is 19.9. The maximum Gasteiger partial charge on any atom is 0.410 e. The van der Waals surface area contributed by atoms with Crippen molar-refractivity contribution in [3.8, 4) is 16.9 Å². The minimum Gasteiger partial charge on any atom is -0.497 e. The Morgan fingerprint density at radius 3 is 1.99 bits per heavy atom. The zero-order chi connectivity index (χ0) is 51.5. The summed E-state index contributed by atoms with van der Waals surface area (Å²) >= 11 is 0. The average molecular weight is 994 g/mol. The van der Waals surface area contributed by atoms with E-state index in [0.717, 1.165) is 54.4 Å². The standard InChI is InChI=1S/C54H71N7O11/c1-35(58(5)53(67)72-54(2,3)4)48(62)57-46(36-15-9-8-10-16-36)50(64)60-25-27-61(28-26-60)51(65)47-45(42-22-21-37(68-7)33-44(42)59(47)6)49(63)55-23-29-69-31-32-70-30-24-56-52(66)71-34-43-40-19-13-11-17-38(40)39-18-12-14-20-41(39)43/h11-14,17-22,33,35-36,43,46H,8-10,15-16,23-32,34H2,1-7H3,(H,55,63)(H,56,66)(H,57,62)/t35-,46-/m0/s1. The molecule has 3 aliphatic rings. The van der Waals surface area contributed by atoms with E-state index in [1.807, 2.05) is 24.3 Å². The molecule has 6 amide bonds. The fourth-order valence-electron chi connectivity index (χ4n) is 9.81. The Balaban J connectivity index is 0.876. The number of likely N-dealkylation sites (N-methyl/N-ethyl adjacent to an activating group) is 1. The van der Waals surface area contributed by atoms with Crippen molar-refractivity contribution >= 4 is 46.7 Å². The largest absolute Gasteiger partial charge is 0.497 e. The Hall–Kier alpha value is -6.66. The van der Waals surface area contributed by atoms with Gasteiger partial charge in [0.25, 0.3) is 11.8 Å². The van der Waals surface area contributed by atoms with Crippen LogP contribution in [0.2, 0.25) is 0 Å². The lowest BCUT2D eigenvalue weighted by molar-refractivity contribution is -0.140. The van der Waals surface area contributed by atoms with Gasteiger partial charge in [-0.2, -0.15) is 0 Å². The van der Waals surface area contributed by atoms with Gasteiger partial charge in [0.05, 0.1) is 44.6 Å². The first-order valence-electron chi connectivity index (χ1n) is 25.1. The third-order valence-corrected chi connectivity index (χ3v) is 13.8. The lowest BCUT2D eigenvalue weighted by atomic mass is 9.83. The quantitative estimate of drug-likeness (QED) is 0.0919. The van der Waals surface area contributed by atoms with Gasteiger partial charge < -0.3 is 54.0 Å². The van der Waals surface area contributed by atoms with E-state index < -0.39 is 41.7 Å². The molecular weight excluding hydrogens is 923 g/mol. The van der Waals surface area contributed by atoms with Crippen LogP contribution in [0.15, 0.2) is 66.7 Å². The molecule has 1 aliphatic heterocycles. The summed E-state index contributed by atoms with van der Waals surface area (Å²) in [5, 5.41) is 9.22. The van der Waals surface area contributed by atoms with Crippen molar-refractivity contribution in [1.82, 2.24) is 35.2 Å². The second-order valence-corrected chi connectivity index (χ2v) is 19.7. The predicted molar refractivity (Wildman–Crippen MR) is 271 cm³/mol. The molecule has 18 nitrogen and oxygen atoms in total. The number of piperazine rings is 1. The monoisotopic (exact) mass is 994 g/mol. The van der Waals surface area contributed by atoms with Crippen LogP contribution < -0.4 is 20.7 Å². The zero-order valence-corrected chi connectivity index (χ0v) is 42.8. The normalized spacial score (nSPS) is 15.8. The van der Waals surface area contributed by atoms with Crippen LogP contribution in [-0.2, 0) is 35.6 Å². The van der Waals surface area contributed by atoms with Crippen molar-refractivity contribution in [2.45, 2.75) is 83.4 Å². The van der Waals surface area contributed by atoms with Gasteiger partial charge in [-0.25, -0.2) is 9.59 Å². The fraction of sp³-hybridized carbons (Fsp3) is 0.519. The lowest BCUT2D eigenvalue weighted by Crippen LogP contribution is -2.60. The number of hydrogen-bond acceptors (Lipinski definition) is 11. The smallest absolute Gasteiger partial charge is 0.410 e. The Kier molecular flexibility index (Phi) is 17.8. The third-order valence-electron chi connectivity index (χ3n) is 13.8. The van der Waals surface area contributed by atoms with E-state index in [9.17, 15) is 28.8 Å². The first-order valence-corrected chi connectivity index (χ1v) is 25.1. The number of methoxy groups -OCH3 is 1. The van der Waals surface area contributed by atoms with Crippen LogP contribution in [0.4, 0.5) is 9.59 Å². The molecule has 3 N–H and O–H groups in total. The first-order chi connectivity index (χ1) is 34.6. The van der Waals surface area contributed by atoms with E-state index in [4.69, 9.17) is 23.7 Å². The molecule has 0 unspecified atom stereocenters. The van der Waals surface area contributed by atoms with Gasteiger partial charge in [0, 0.05) is 70.7 Å². The topological polar surface area (TPSA) is 199 Å². The zero-order valence-electron chi connectivity index (χ0n) is 42.8. The summed E-state index contributed by atoms with van der Waals surface area (Å²) < 4.78 is 29.6. The highest BCUT2D eigenvalue weighted by atomic mass is 16.6. The van der Waals surface area contributed by atoms with Gasteiger partial charge in [-0.05, 0) is 80.8 Å². The van der Waals surface area contributed by atoms with E-state index in [0.29, 0.717) is 16.7 Å². The first kappa shape index (κ1) is 53.1. The Labute approximate surface area is 422 Å². The number of ether oxygens (including phenoxy) is 5. The van der Waals surface area contributed by atoms with Crippen molar-refractivity contribution in [3.63, 3.8) is 0 Å². The second kappa shape index (κ2) is 24.2. The minimum absolute atomic E-state index is 0.0255. The molecule has 0 bridgehead atoms. The van der Waals surface area contributed by atoms with E-state index in [-0.39, 0.29) is 107 Å². The molecule has 1 aromatic heterocycles. The van der Waals surface area contributed by atoms with Crippen molar-refractivity contribution in [2.24, 2.45) is 13.0 Å². The number of hydrogen-bond donors (Lipinski definition) is 3. The summed E-state index contributed by atoms with van der Waals surface area (Å²) in [6.07, 6.45) is 3.38. The van der Waals surface area contributed by atoms with Crippen molar-refractivity contribution in [3.05, 3.63) is 89.1 Å². The summed E-state index contributed by atoms with van der Waals surface area (Å²) in [5.74, 6) is -1.00. The molecule has 388 valence electrons. The number of rotatable bonds is 19. The number of carbonyl (C=O) groups is 6. The van der Waals surface area contributed by atoms with Crippen LogP contribution in [-0.4, -0.2) is 159 Å². The third kappa shape index (κ3) is 12.7. The van der Waals surface area contributed by atoms with Gasteiger partial charge in [-0.3, -0.25) is 24.1 Å². The van der Waals surface area contributed by atoms with Crippen LogP contribution >= 0.6 is 0 Å². The van der Waals surface area contributed by atoms with E-state index in [1.54, 1.807) is 74.4 Å². The highest BCUT2D eigenvalue weighted by Gasteiger charge is 2.39. The van der Waals surface area contributed by atoms with E-state index in [1.165, 1.54) is 11.9 Å². The number of aryl methyl sites for hydroxylation is 1. The highest BCUT2D eigenvalue weighted by molar-refractivity contribution is 6.16. The Morgan fingerprint density at radius 2 is 1.38 bits per heavy atom. The molecule has 2 aliphatic carbocycles. The molecule has 2 fully saturated rings. The molecule has 18 heteroatoms. The number of benzene rings is 3. The van der Waals surface area contributed by atoms with Crippen LogP contribution in [0.5, 0.6) is 5.75 Å². The molecule has 1 saturated heterocycles. The Bertz CT molecular complexity index is 2530. The summed E-state index contributed by atoms with van der Waals surface area (Å²) in [5.41, 5.74) is 4.93. The van der Waals surface area contributed by atoms with Gasteiger partial charge in [0.2, 0.25) is 11.8 Å². The highest BCUT2D eigenvalue weighted by Crippen LogP contribution is 2.44. The van der Waals surface area contributed by atoms with Gasteiger partial charge in [-0.1, -0.05) is 67.8 Å². The van der Waals surface area contributed by atoms with E-state index >= 15 is 0 Å². The molecule has 7 rings (SSSR count). The van der Waals surface area contributed by atoms with Crippen LogP contribution in [0.3, 0.4) is 0 Å². The molecule has 3 aromatic carbocycles. The van der Waals surface area contributed by atoms with Gasteiger partial charge in [0.15, 0.2) is 0 Å². The van der Waals surface area contributed by atoms with Crippen molar-refractivity contribution in [2.75, 3.05) is 86.5 Å². The maximum atomic E-state index is 14.5. The molecule has 1 saturated carbocycles. The number of aromatic nitrogens is 1. The minimum atomic E-state index is -0.889. The van der Waals surface area contributed by atoms with Crippen LogP contribution in [0, 0.1) is 5.92 Å². The summed E-state index contributed by atoms with van der Waals surface area (Å²) in [6.45, 7) is 9.36. The average Bonchev–Trinajstić information content (AvgIpc) is 3.87. The SMILES string of the molecule is COc1ccc2c(C(=O)NCCOCCOCCNC(=O)OCC3c4ccccc4-c4ccccc43)c(C(=O)N3CCN(C(=O)[C@@H](NC(=O)[C@H](C)N(C)C(=O)OC(C)(C)C)C4CCCCC4)CC3)n(C)c2c1. The number of fused-ring (bicyclic) bond motifs is 4. The number of nitrogens with zero attached hydrogens (tertiary/aromatic N) is 4. The van der Waals surface area contributed by atoms with Crippen LogP contribution in [0.1, 0.15) is 97.7 Å². The molecule has 0 spiro atoms. The van der Waals surface area contributed by atoms with Gasteiger partial charge >= 0.3 is 12.2 Å². The number of alkyl carbamates (subject to hydrolysis) is 1. The molecule has 4 aromatic rings. The number of carbonyl (C=O) groups excluding carboxylic acids is 6. The number of amides is 6. The van der Waals surface area contributed by atoms with Gasteiger partial charge in [0.1, 0.15) is 35.7 Å². The van der Waals surface area contributed by atoms with E-state index in [2.05, 4.69) is 40.2 Å². The summed E-state index contributed by atoms with van der Waals surface area (Å²) in [7, 11) is 4.79. The fourth-order valence-corrected chi connectivity index (χ4v) is 9.81. The van der Waals surface area contributed by atoms with Gasteiger partial charge in [-0.15, -0.1) is 0 Å². The summed E-state index contributed by atoms with van der Waals surface area (Å²) in [4.78, 5) is 86.3. The Morgan fingerprint density at radius 1 is 0.778 bits per heavy atom. The van der Waals surface area contributed by atoms with Crippen LogP contribution in [0.25, 0.3) is 22.0 Å². The maximum absolute atomic E-state index is 14.5. The molecule has 2 atom stereocenters. The molecule has 2 heterocycles. The molecule has 72 heavy (non-hydrogen) atoms.